The predicted molar refractivity (Wildman–Crippen MR) is 105 cm³/mol. The van der Waals surface area contributed by atoms with Crippen LogP contribution in [-0.2, 0) is 5.41 Å². The van der Waals surface area contributed by atoms with E-state index < -0.39 is 0 Å². The number of carbonyl (C=O) groups is 1. The first-order valence-corrected chi connectivity index (χ1v) is 11.3. The number of carbonyl (C=O) groups excluding carboxylic acids is 1. The normalized spacial score (nSPS) is 36.9. The number of halogens is 1. The Hall–Kier alpha value is -1.33. The van der Waals surface area contributed by atoms with Crippen LogP contribution in [0, 0.1) is 17.8 Å². The van der Waals surface area contributed by atoms with Crippen molar-refractivity contribution in [1.82, 2.24) is 14.8 Å². The number of nitrogens with zero attached hydrogens (tertiary/aromatic N) is 3. The third kappa shape index (κ3) is 2.61. The molecule has 1 aliphatic heterocycles. The lowest BCUT2D eigenvalue weighted by Gasteiger charge is -2.55. The van der Waals surface area contributed by atoms with Crippen LogP contribution >= 0.6 is 23.4 Å². The van der Waals surface area contributed by atoms with Gasteiger partial charge in [0.1, 0.15) is 0 Å². The topological polar surface area (TPSA) is 47.8 Å². The van der Waals surface area contributed by atoms with Gasteiger partial charge in [-0.2, -0.15) is 4.68 Å². The summed E-state index contributed by atoms with van der Waals surface area (Å²) in [5, 5.41) is 6.37. The van der Waals surface area contributed by atoms with Crippen LogP contribution in [0.2, 0.25) is 5.02 Å². The Bertz CT molecular complexity index is 887. The van der Waals surface area contributed by atoms with Gasteiger partial charge in [0.15, 0.2) is 11.0 Å². The Balaban J connectivity index is 1.34. The fourth-order valence-corrected chi connectivity index (χ4v) is 7.70. The summed E-state index contributed by atoms with van der Waals surface area (Å²) < 4.78 is 1.59. The minimum atomic E-state index is 0.0622. The molecule has 140 valence electrons. The standard InChI is InChI=1S/C21H22ClN3OS/c22-16-3-1-15(2-4-16)17-8-18(26)25-20(27-17)23-19(24-25)21-9-12-5-13(10-21)7-14(6-12)11-21/h1-4,12-14,17H,5-11H2. The number of rotatable bonds is 2. The molecule has 7 rings (SSSR count). The zero-order chi connectivity index (χ0) is 18.2. The second kappa shape index (κ2) is 5.84. The van der Waals surface area contributed by atoms with Gasteiger partial charge in [-0.3, -0.25) is 4.79 Å². The first-order valence-electron chi connectivity index (χ1n) is 10.0. The molecule has 0 amide bonds. The van der Waals surface area contributed by atoms with Gasteiger partial charge in [0.2, 0.25) is 0 Å². The van der Waals surface area contributed by atoms with E-state index >= 15 is 0 Å². The van der Waals surface area contributed by atoms with Gasteiger partial charge >= 0.3 is 0 Å². The number of aromatic nitrogens is 3. The molecule has 0 radical (unpaired) electrons. The molecule has 4 fully saturated rings. The summed E-state index contributed by atoms with van der Waals surface area (Å²) in [5.74, 6) is 3.56. The van der Waals surface area contributed by atoms with Crippen molar-refractivity contribution in [2.75, 3.05) is 0 Å². The Morgan fingerprint density at radius 2 is 1.67 bits per heavy atom. The zero-order valence-corrected chi connectivity index (χ0v) is 16.7. The summed E-state index contributed by atoms with van der Waals surface area (Å²) in [6, 6.07) is 7.81. The number of hydrogen-bond donors (Lipinski definition) is 0. The van der Waals surface area contributed by atoms with Crippen molar-refractivity contribution in [2.45, 2.75) is 60.8 Å². The average Bonchev–Trinajstić information content (AvgIpc) is 3.07. The number of hydrogen-bond acceptors (Lipinski definition) is 4. The van der Waals surface area contributed by atoms with Crippen LogP contribution in [0.25, 0.3) is 0 Å². The van der Waals surface area contributed by atoms with Crippen LogP contribution in [0.5, 0.6) is 0 Å². The molecule has 0 spiro atoms. The monoisotopic (exact) mass is 399 g/mol. The van der Waals surface area contributed by atoms with E-state index in [-0.39, 0.29) is 16.6 Å². The molecule has 1 unspecified atom stereocenters. The molecule has 5 aliphatic rings. The van der Waals surface area contributed by atoms with Gasteiger partial charge < -0.3 is 0 Å². The highest BCUT2D eigenvalue weighted by atomic mass is 35.5. The van der Waals surface area contributed by atoms with Gasteiger partial charge in [-0.05, 0) is 74.0 Å². The maximum atomic E-state index is 12.8. The molecular weight excluding hydrogens is 378 g/mol. The van der Waals surface area contributed by atoms with Crippen molar-refractivity contribution < 1.29 is 4.79 Å². The second-order valence-corrected chi connectivity index (χ2v) is 10.7. The van der Waals surface area contributed by atoms with Gasteiger partial charge in [-0.25, -0.2) is 4.98 Å². The summed E-state index contributed by atoms with van der Waals surface area (Å²) in [5.41, 5.74) is 1.26. The van der Waals surface area contributed by atoms with E-state index in [0.717, 1.165) is 39.3 Å². The van der Waals surface area contributed by atoms with Crippen LogP contribution in [0.3, 0.4) is 0 Å². The molecule has 1 aromatic carbocycles. The summed E-state index contributed by atoms with van der Waals surface area (Å²) in [6.45, 7) is 0. The van der Waals surface area contributed by atoms with E-state index in [1.54, 1.807) is 16.4 Å². The molecule has 2 heterocycles. The van der Waals surface area contributed by atoms with Gasteiger partial charge in [0.25, 0.3) is 5.91 Å². The number of fused-ring (bicyclic) bond motifs is 1. The van der Waals surface area contributed by atoms with Crippen LogP contribution in [0.4, 0.5) is 0 Å². The lowest BCUT2D eigenvalue weighted by atomic mass is 9.49. The van der Waals surface area contributed by atoms with Gasteiger partial charge in [-0.1, -0.05) is 35.5 Å². The van der Waals surface area contributed by atoms with Crippen LogP contribution in [-0.4, -0.2) is 20.7 Å². The fraction of sp³-hybridized carbons (Fsp3) is 0.571. The molecule has 4 bridgehead atoms. The van der Waals surface area contributed by atoms with E-state index in [1.165, 1.54) is 38.5 Å². The lowest BCUT2D eigenvalue weighted by Crippen LogP contribution is -2.49. The minimum absolute atomic E-state index is 0.0622. The molecule has 27 heavy (non-hydrogen) atoms. The van der Waals surface area contributed by atoms with Crippen molar-refractivity contribution in [3.05, 3.63) is 40.7 Å². The van der Waals surface area contributed by atoms with Crippen LogP contribution in [0.1, 0.15) is 66.4 Å². The molecule has 4 saturated carbocycles. The molecule has 2 aromatic rings. The van der Waals surface area contributed by atoms with Crippen molar-refractivity contribution in [3.8, 4) is 0 Å². The van der Waals surface area contributed by atoms with Crippen molar-refractivity contribution >= 4 is 29.3 Å². The quantitative estimate of drug-likeness (QED) is 0.689. The molecule has 4 nitrogen and oxygen atoms in total. The molecular formula is C21H22ClN3OS. The Labute approximate surface area is 168 Å². The van der Waals surface area contributed by atoms with Crippen molar-refractivity contribution in [1.29, 1.82) is 0 Å². The van der Waals surface area contributed by atoms with E-state index in [9.17, 15) is 4.79 Å². The third-order valence-electron chi connectivity index (χ3n) is 7.18. The van der Waals surface area contributed by atoms with Gasteiger partial charge in [0.05, 0.1) is 0 Å². The average molecular weight is 400 g/mol. The maximum Gasteiger partial charge on any atom is 0.250 e. The van der Waals surface area contributed by atoms with E-state index in [1.807, 2.05) is 24.3 Å². The molecule has 6 heteroatoms. The summed E-state index contributed by atoms with van der Waals surface area (Å²) >= 11 is 7.68. The van der Waals surface area contributed by atoms with Crippen LogP contribution < -0.4 is 0 Å². The van der Waals surface area contributed by atoms with Crippen molar-refractivity contribution in [2.24, 2.45) is 17.8 Å². The molecule has 0 N–H and O–H groups in total. The maximum absolute atomic E-state index is 12.8. The summed E-state index contributed by atoms with van der Waals surface area (Å²) in [7, 11) is 0. The first-order chi connectivity index (χ1) is 13.1. The lowest BCUT2D eigenvalue weighted by molar-refractivity contribution is -0.00944. The number of thioether (sulfide) groups is 1. The van der Waals surface area contributed by atoms with Gasteiger partial charge in [0, 0.05) is 22.1 Å². The highest BCUT2D eigenvalue weighted by molar-refractivity contribution is 7.99. The predicted octanol–water partition coefficient (Wildman–Crippen LogP) is 5.28. The Morgan fingerprint density at radius 1 is 1.04 bits per heavy atom. The summed E-state index contributed by atoms with van der Waals surface area (Å²) in [4.78, 5) is 17.7. The minimum Gasteiger partial charge on any atom is -0.272 e. The molecule has 0 saturated heterocycles. The third-order valence-corrected chi connectivity index (χ3v) is 8.63. The SMILES string of the molecule is O=C1CC(c2ccc(Cl)cc2)Sc2nc(C34CC5CC(CC(C5)C3)C4)nn21. The summed E-state index contributed by atoms with van der Waals surface area (Å²) in [6.07, 6.45) is 8.34. The second-order valence-electron chi connectivity index (χ2n) is 9.08. The van der Waals surface area contributed by atoms with Gasteiger partial charge in [-0.15, -0.1) is 5.10 Å². The molecule has 1 atom stereocenters. The smallest absolute Gasteiger partial charge is 0.250 e. The highest BCUT2D eigenvalue weighted by Gasteiger charge is 2.54. The van der Waals surface area contributed by atoms with Crippen molar-refractivity contribution in [3.63, 3.8) is 0 Å². The Kier molecular flexibility index (Phi) is 3.59. The fourth-order valence-electron chi connectivity index (χ4n) is 6.42. The van der Waals surface area contributed by atoms with Crippen LogP contribution in [0.15, 0.2) is 29.4 Å². The van der Waals surface area contributed by atoms with E-state index in [4.69, 9.17) is 21.7 Å². The molecule has 4 aliphatic carbocycles. The first kappa shape index (κ1) is 16.6. The Morgan fingerprint density at radius 3 is 2.30 bits per heavy atom. The largest absolute Gasteiger partial charge is 0.272 e. The van der Waals surface area contributed by atoms with E-state index in [2.05, 4.69) is 0 Å². The highest BCUT2D eigenvalue weighted by Crippen LogP contribution is 2.60. The number of benzene rings is 1. The molecule has 1 aromatic heterocycles. The zero-order valence-electron chi connectivity index (χ0n) is 15.1. The van der Waals surface area contributed by atoms with E-state index in [0.29, 0.717) is 6.42 Å².